The molecule has 1 aliphatic heterocycles. The molecule has 16 heavy (non-hydrogen) atoms. The van der Waals surface area contributed by atoms with Crippen LogP contribution in [0.3, 0.4) is 0 Å². The quantitative estimate of drug-likeness (QED) is 0.852. The number of hydrogen-bond acceptors (Lipinski definition) is 3. The predicted molar refractivity (Wildman–Crippen MR) is 63.5 cm³/mol. The second kappa shape index (κ2) is 5.51. The summed E-state index contributed by atoms with van der Waals surface area (Å²) in [6.07, 6.45) is 3.17. The van der Waals surface area contributed by atoms with Crippen molar-refractivity contribution >= 4 is 0 Å². The van der Waals surface area contributed by atoms with Crippen LogP contribution in [0.25, 0.3) is 0 Å². The van der Waals surface area contributed by atoms with Gasteiger partial charge < -0.3 is 14.5 Å². The molecule has 1 aliphatic rings. The fraction of sp³-hybridized carbons (Fsp3) is 0.692. The molecule has 0 radical (unpaired) electrons. The Morgan fingerprint density at radius 2 is 2.12 bits per heavy atom. The maximum atomic E-state index is 5.74. The first-order valence-corrected chi connectivity index (χ1v) is 6.22. The van der Waals surface area contributed by atoms with E-state index in [1.54, 1.807) is 0 Å². The Balaban J connectivity index is 1.88. The average molecular weight is 223 g/mol. The Morgan fingerprint density at radius 1 is 1.38 bits per heavy atom. The fourth-order valence-electron chi connectivity index (χ4n) is 2.12. The Labute approximate surface area is 97.2 Å². The summed E-state index contributed by atoms with van der Waals surface area (Å²) in [5.41, 5.74) is 0. The summed E-state index contributed by atoms with van der Waals surface area (Å²) in [5, 5.41) is 3.60. The molecule has 2 rings (SSSR count). The lowest BCUT2D eigenvalue weighted by molar-refractivity contribution is 0.0746. The highest BCUT2D eigenvalue weighted by molar-refractivity contribution is 5.10. The van der Waals surface area contributed by atoms with Gasteiger partial charge in [0.05, 0.1) is 6.04 Å². The van der Waals surface area contributed by atoms with E-state index in [9.17, 15) is 0 Å². The van der Waals surface area contributed by atoms with E-state index in [0.717, 1.165) is 44.0 Å². The molecule has 1 saturated heterocycles. The highest BCUT2D eigenvalue weighted by Gasteiger charge is 2.18. The normalized spacial score (nSPS) is 19.9. The van der Waals surface area contributed by atoms with Crippen molar-refractivity contribution in [1.82, 2.24) is 5.32 Å². The summed E-state index contributed by atoms with van der Waals surface area (Å²) in [6.45, 7) is 6.03. The fourth-order valence-corrected chi connectivity index (χ4v) is 2.12. The van der Waals surface area contributed by atoms with Gasteiger partial charge in [-0.25, -0.2) is 0 Å². The predicted octanol–water partition coefficient (Wildman–Crippen LogP) is 2.67. The number of rotatable bonds is 4. The second-order valence-electron chi connectivity index (χ2n) is 4.43. The van der Waals surface area contributed by atoms with Crippen molar-refractivity contribution < 1.29 is 9.15 Å². The van der Waals surface area contributed by atoms with Gasteiger partial charge in [-0.15, -0.1) is 0 Å². The molecule has 1 fully saturated rings. The van der Waals surface area contributed by atoms with E-state index in [4.69, 9.17) is 9.15 Å². The van der Waals surface area contributed by atoms with Gasteiger partial charge in [0.15, 0.2) is 0 Å². The molecule has 0 aromatic carbocycles. The van der Waals surface area contributed by atoms with Crippen LogP contribution in [0.5, 0.6) is 0 Å². The SMILES string of the molecule is CCc1ccc(C(C)NC2CCOCC2)o1. The Bertz CT molecular complexity index is 315. The molecule has 1 N–H and O–H groups in total. The van der Waals surface area contributed by atoms with Crippen LogP contribution in [0.15, 0.2) is 16.5 Å². The zero-order valence-electron chi connectivity index (χ0n) is 10.2. The van der Waals surface area contributed by atoms with E-state index in [-0.39, 0.29) is 0 Å². The lowest BCUT2D eigenvalue weighted by Gasteiger charge is -2.25. The second-order valence-corrected chi connectivity index (χ2v) is 4.43. The molecule has 3 nitrogen and oxygen atoms in total. The van der Waals surface area contributed by atoms with Gasteiger partial charge in [-0.05, 0) is 31.9 Å². The molecule has 1 aromatic heterocycles. The molecule has 1 unspecified atom stereocenters. The van der Waals surface area contributed by atoms with Gasteiger partial charge in [0, 0.05) is 25.7 Å². The van der Waals surface area contributed by atoms with Crippen molar-refractivity contribution in [2.24, 2.45) is 0 Å². The first kappa shape index (κ1) is 11.7. The molecule has 3 heteroatoms. The van der Waals surface area contributed by atoms with E-state index >= 15 is 0 Å². The Morgan fingerprint density at radius 3 is 2.75 bits per heavy atom. The van der Waals surface area contributed by atoms with Crippen molar-refractivity contribution in [3.05, 3.63) is 23.7 Å². The van der Waals surface area contributed by atoms with Crippen LogP contribution in [0.4, 0.5) is 0 Å². The van der Waals surface area contributed by atoms with Gasteiger partial charge in [-0.1, -0.05) is 6.92 Å². The van der Waals surface area contributed by atoms with E-state index in [1.807, 2.05) is 0 Å². The molecule has 0 amide bonds. The first-order chi connectivity index (χ1) is 7.79. The summed E-state index contributed by atoms with van der Waals surface area (Å²) in [6, 6.07) is 5.01. The number of hydrogen-bond donors (Lipinski definition) is 1. The smallest absolute Gasteiger partial charge is 0.120 e. The zero-order valence-corrected chi connectivity index (χ0v) is 10.2. The number of furan rings is 1. The van der Waals surface area contributed by atoms with Gasteiger partial charge in [0.2, 0.25) is 0 Å². The summed E-state index contributed by atoms with van der Waals surface area (Å²) in [5.74, 6) is 2.11. The molecule has 90 valence electrons. The van der Waals surface area contributed by atoms with Crippen LogP contribution < -0.4 is 5.32 Å². The van der Waals surface area contributed by atoms with Gasteiger partial charge in [0.1, 0.15) is 11.5 Å². The molecule has 1 atom stereocenters. The monoisotopic (exact) mass is 223 g/mol. The van der Waals surface area contributed by atoms with Gasteiger partial charge >= 0.3 is 0 Å². The molecule has 0 aliphatic carbocycles. The zero-order chi connectivity index (χ0) is 11.4. The maximum Gasteiger partial charge on any atom is 0.120 e. The lowest BCUT2D eigenvalue weighted by atomic mass is 10.1. The van der Waals surface area contributed by atoms with Crippen molar-refractivity contribution in [2.45, 2.75) is 45.2 Å². The number of aryl methyl sites for hydroxylation is 1. The molecule has 0 spiro atoms. The summed E-state index contributed by atoms with van der Waals surface area (Å²) < 4.78 is 11.1. The molecule has 0 saturated carbocycles. The molecule has 2 heterocycles. The van der Waals surface area contributed by atoms with Crippen molar-refractivity contribution in [3.8, 4) is 0 Å². The minimum atomic E-state index is 0.295. The van der Waals surface area contributed by atoms with Crippen LogP contribution in [0.1, 0.15) is 44.3 Å². The molecule has 1 aromatic rings. The van der Waals surface area contributed by atoms with E-state index < -0.39 is 0 Å². The Hall–Kier alpha value is -0.800. The van der Waals surface area contributed by atoms with Crippen LogP contribution in [0.2, 0.25) is 0 Å². The Kier molecular flexibility index (Phi) is 4.02. The van der Waals surface area contributed by atoms with Gasteiger partial charge in [-0.3, -0.25) is 0 Å². The van der Waals surface area contributed by atoms with E-state index in [0.29, 0.717) is 12.1 Å². The molecular formula is C13H21NO2. The minimum absolute atomic E-state index is 0.295. The summed E-state index contributed by atoms with van der Waals surface area (Å²) in [4.78, 5) is 0. The average Bonchev–Trinajstić information content (AvgIpc) is 2.79. The van der Waals surface area contributed by atoms with Crippen LogP contribution in [-0.2, 0) is 11.2 Å². The van der Waals surface area contributed by atoms with Crippen LogP contribution in [-0.4, -0.2) is 19.3 Å². The van der Waals surface area contributed by atoms with E-state index in [1.165, 1.54) is 0 Å². The highest BCUT2D eigenvalue weighted by Crippen LogP contribution is 2.19. The highest BCUT2D eigenvalue weighted by atomic mass is 16.5. The minimum Gasteiger partial charge on any atom is -0.464 e. The van der Waals surface area contributed by atoms with Crippen LogP contribution >= 0.6 is 0 Å². The molecule has 0 bridgehead atoms. The van der Waals surface area contributed by atoms with Crippen molar-refractivity contribution in [1.29, 1.82) is 0 Å². The van der Waals surface area contributed by atoms with Crippen molar-refractivity contribution in [2.75, 3.05) is 13.2 Å². The third-order valence-corrected chi connectivity index (χ3v) is 3.16. The summed E-state index contributed by atoms with van der Waals surface area (Å²) in [7, 11) is 0. The standard InChI is InChI=1S/C13H21NO2/c1-3-12-4-5-13(16-12)10(2)14-11-6-8-15-9-7-11/h4-5,10-11,14H,3,6-9H2,1-2H3. The van der Waals surface area contributed by atoms with Gasteiger partial charge in [0.25, 0.3) is 0 Å². The van der Waals surface area contributed by atoms with Gasteiger partial charge in [-0.2, -0.15) is 0 Å². The largest absolute Gasteiger partial charge is 0.464 e. The van der Waals surface area contributed by atoms with Crippen molar-refractivity contribution in [3.63, 3.8) is 0 Å². The lowest BCUT2D eigenvalue weighted by Crippen LogP contribution is -2.36. The number of ether oxygens (including phenoxy) is 1. The molecular weight excluding hydrogens is 202 g/mol. The third kappa shape index (κ3) is 2.86. The van der Waals surface area contributed by atoms with E-state index in [2.05, 4.69) is 31.3 Å². The third-order valence-electron chi connectivity index (χ3n) is 3.16. The maximum absolute atomic E-state index is 5.74. The number of nitrogens with one attached hydrogen (secondary N) is 1. The van der Waals surface area contributed by atoms with Crippen LogP contribution in [0, 0.1) is 0 Å². The summed E-state index contributed by atoms with van der Waals surface area (Å²) >= 11 is 0. The topological polar surface area (TPSA) is 34.4 Å². The first-order valence-electron chi connectivity index (χ1n) is 6.22.